The van der Waals surface area contributed by atoms with Crippen molar-refractivity contribution in [2.45, 2.75) is 45.4 Å². The van der Waals surface area contributed by atoms with Crippen LogP contribution in [0.1, 0.15) is 51.2 Å². The van der Waals surface area contributed by atoms with E-state index in [0.717, 1.165) is 12.8 Å². The van der Waals surface area contributed by atoms with Crippen molar-refractivity contribution >= 4 is 12.1 Å². The topological polar surface area (TPSA) is 54.6 Å². The van der Waals surface area contributed by atoms with Crippen LogP contribution in [0.2, 0.25) is 0 Å². The number of hydrogen-bond donors (Lipinski definition) is 1. The molecule has 17 heavy (non-hydrogen) atoms. The lowest BCUT2D eigenvalue weighted by Gasteiger charge is -1.99. The average Bonchev–Trinajstić information content (AvgIpc) is 2.82. The summed E-state index contributed by atoms with van der Waals surface area (Å²) >= 11 is 0. The van der Waals surface area contributed by atoms with E-state index < -0.39 is 0 Å². The van der Waals surface area contributed by atoms with Gasteiger partial charge in [-0.1, -0.05) is 32.6 Å². The zero-order valence-electron chi connectivity index (χ0n) is 10.3. The number of unbranched alkanes of at least 4 members (excludes halogenated alkanes) is 4. The summed E-state index contributed by atoms with van der Waals surface area (Å²) in [7, 11) is 0. The fourth-order valence-corrected chi connectivity index (χ4v) is 1.48. The third-order valence-corrected chi connectivity index (χ3v) is 2.43. The molecule has 1 heterocycles. The predicted molar refractivity (Wildman–Crippen MR) is 67.8 cm³/mol. The zero-order valence-corrected chi connectivity index (χ0v) is 10.3. The molecule has 4 nitrogen and oxygen atoms in total. The monoisotopic (exact) mass is 236 g/mol. The number of hydrogen-bond acceptors (Lipinski definition) is 3. The molecule has 1 aromatic heterocycles. The molecule has 1 N–H and O–H groups in total. The summed E-state index contributed by atoms with van der Waals surface area (Å²) in [6.07, 6.45) is 9.33. The summed E-state index contributed by atoms with van der Waals surface area (Å²) in [5.41, 5.74) is 2.48. The quantitative estimate of drug-likeness (QED) is 0.428. The third-order valence-electron chi connectivity index (χ3n) is 2.43. The largest absolute Gasteiger partial charge is 0.463 e. The number of rotatable bonds is 8. The van der Waals surface area contributed by atoms with Gasteiger partial charge in [-0.3, -0.25) is 4.79 Å². The van der Waals surface area contributed by atoms with Gasteiger partial charge in [-0.15, -0.1) is 0 Å². The van der Waals surface area contributed by atoms with Crippen LogP contribution in [0.25, 0.3) is 0 Å². The van der Waals surface area contributed by atoms with E-state index in [4.69, 9.17) is 4.42 Å². The maximum Gasteiger partial charge on any atom is 0.240 e. The summed E-state index contributed by atoms with van der Waals surface area (Å²) < 4.78 is 5.04. The molecule has 0 radical (unpaired) electrons. The first kappa shape index (κ1) is 13.5. The number of nitrogens with zero attached hydrogens (tertiary/aromatic N) is 1. The van der Waals surface area contributed by atoms with Gasteiger partial charge in [0.15, 0.2) is 0 Å². The van der Waals surface area contributed by atoms with Gasteiger partial charge >= 0.3 is 0 Å². The zero-order chi connectivity index (χ0) is 12.3. The fourth-order valence-electron chi connectivity index (χ4n) is 1.48. The number of carbonyl (C=O) groups is 1. The van der Waals surface area contributed by atoms with Gasteiger partial charge < -0.3 is 4.42 Å². The van der Waals surface area contributed by atoms with Gasteiger partial charge in [0.05, 0.1) is 12.5 Å². The summed E-state index contributed by atoms with van der Waals surface area (Å²) in [6, 6.07) is 3.55. The Labute approximate surface area is 102 Å². The molecule has 1 rings (SSSR count). The number of hydrazone groups is 1. The van der Waals surface area contributed by atoms with E-state index in [9.17, 15) is 4.79 Å². The first-order valence-corrected chi connectivity index (χ1v) is 6.18. The van der Waals surface area contributed by atoms with Gasteiger partial charge in [0.25, 0.3) is 0 Å². The van der Waals surface area contributed by atoms with Crippen molar-refractivity contribution in [3.8, 4) is 0 Å². The molecule has 0 aliphatic rings. The van der Waals surface area contributed by atoms with Gasteiger partial charge in [-0.25, -0.2) is 5.43 Å². The first-order valence-electron chi connectivity index (χ1n) is 6.18. The van der Waals surface area contributed by atoms with Crippen LogP contribution in [0.5, 0.6) is 0 Å². The molecule has 0 unspecified atom stereocenters. The minimum absolute atomic E-state index is 0.0377. The van der Waals surface area contributed by atoms with Crippen LogP contribution < -0.4 is 5.43 Å². The highest BCUT2D eigenvalue weighted by Crippen LogP contribution is 2.04. The number of amides is 1. The Balaban J connectivity index is 2.05. The standard InChI is InChI=1S/C13H20N2O2/c1-2-3-4-5-6-9-13(16)15-14-11-12-8-7-10-17-12/h7-8,10-11H,2-6,9H2,1H3,(H,15,16)/b14-11-. The predicted octanol–water partition coefficient (Wildman–Crippen LogP) is 3.09. The SMILES string of the molecule is CCCCCCCC(=O)N/N=C\c1ccco1. The van der Waals surface area contributed by atoms with E-state index in [1.807, 2.05) is 0 Å². The Morgan fingerprint density at radius 3 is 2.94 bits per heavy atom. The van der Waals surface area contributed by atoms with Crippen molar-refractivity contribution in [3.05, 3.63) is 24.2 Å². The smallest absolute Gasteiger partial charge is 0.240 e. The van der Waals surface area contributed by atoms with Crippen LogP contribution in [0.4, 0.5) is 0 Å². The molecule has 0 spiro atoms. The molecule has 0 saturated heterocycles. The highest BCUT2D eigenvalue weighted by Gasteiger charge is 1.98. The summed E-state index contributed by atoms with van der Waals surface area (Å²) in [6.45, 7) is 2.18. The number of carbonyl (C=O) groups excluding carboxylic acids is 1. The van der Waals surface area contributed by atoms with Gasteiger partial charge in [0.1, 0.15) is 5.76 Å². The van der Waals surface area contributed by atoms with E-state index in [0.29, 0.717) is 12.2 Å². The van der Waals surface area contributed by atoms with E-state index in [2.05, 4.69) is 17.5 Å². The number of furan rings is 1. The second kappa shape index (κ2) is 8.56. The summed E-state index contributed by atoms with van der Waals surface area (Å²) in [5.74, 6) is 0.595. The second-order valence-corrected chi connectivity index (χ2v) is 3.97. The average molecular weight is 236 g/mol. The molecule has 1 aromatic rings. The van der Waals surface area contributed by atoms with Gasteiger partial charge in [0, 0.05) is 6.42 Å². The molecular formula is C13H20N2O2. The van der Waals surface area contributed by atoms with Crippen molar-refractivity contribution in [2.24, 2.45) is 5.10 Å². The van der Waals surface area contributed by atoms with Crippen LogP contribution in [0, 0.1) is 0 Å². The number of nitrogens with one attached hydrogen (secondary N) is 1. The Bertz CT molecular complexity index is 331. The minimum atomic E-state index is -0.0377. The van der Waals surface area contributed by atoms with Gasteiger partial charge in [-0.2, -0.15) is 5.10 Å². The van der Waals surface area contributed by atoms with Gasteiger partial charge in [0.2, 0.25) is 5.91 Å². The maximum absolute atomic E-state index is 11.3. The molecule has 0 aliphatic carbocycles. The van der Waals surface area contributed by atoms with Crippen molar-refractivity contribution in [1.29, 1.82) is 0 Å². The van der Waals surface area contributed by atoms with Crippen LogP contribution in [-0.4, -0.2) is 12.1 Å². The summed E-state index contributed by atoms with van der Waals surface area (Å²) in [5, 5.41) is 3.81. The Morgan fingerprint density at radius 1 is 1.41 bits per heavy atom. The Morgan fingerprint density at radius 2 is 2.24 bits per heavy atom. The molecule has 94 valence electrons. The van der Waals surface area contributed by atoms with E-state index >= 15 is 0 Å². The van der Waals surface area contributed by atoms with Crippen molar-refractivity contribution in [1.82, 2.24) is 5.43 Å². The van der Waals surface area contributed by atoms with Crippen LogP contribution in [-0.2, 0) is 4.79 Å². The van der Waals surface area contributed by atoms with Crippen molar-refractivity contribution in [3.63, 3.8) is 0 Å². The van der Waals surface area contributed by atoms with E-state index in [-0.39, 0.29) is 5.91 Å². The molecule has 0 bridgehead atoms. The van der Waals surface area contributed by atoms with Crippen molar-refractivity contribution < 1.29 is 9.21 Å². The van der Waals surface area contributed by atoms with Crippen molar-refractivity contribution in [2.75, 3.05) is 0 Å². The second-order valence-electron chi connectivity index (χ2n) is 3.97. The highest BCUT2D eigenvalue weighted by molar-refractivity contribution is 5.80. The maximum atomic E-state index is 11.3. The molecule has 4 heteroatoms. The molecule has 0 saturated carbocycles. The molecule has 0 atom stereocenters. The molecule has 0 aromatic carbocycles. The van der Waals surface area contributed by atoms with E-state index in [1.165, 1.54) is 25.5 Å². The fraction of sp³-hybridized carbons (Fsp3) is 0.538. The summed E-state index contributed by atoms with van der Waals surface area (Å²) in [4.78, 5) is 11.3. The minimum Gasteiger partial charge on any atom is -0.463 e. The molecule has 1 amide bonds. The third kappa shape index (κ3) is 6.56. The Kier molecular flexibility index (Phi) is 6.79. The Hall–Kier alpha value is -1.58. The first-order chi connectivity index (χ1) is 8.33. The molecular weight excluding hydrogens is 216 g/mol. The molecule has 0 fully saturated rings. The highest BCUT2D eigenvalue weighted by atomic mass is 16.3. The lowest BCUT2D eigenvalue weighted by Crippen LogP contribution is -2.16. The van der Waals surface area contributed by atoms with Gasteiger partial charge in [-0.05, 0) is 18.6 Å². The molecule has 0 aliphatic heterocycles. The van der Waals surface area contributed by atoms with E-state index in [1.54, 1.807) is 18.4 Å². The lowest BCUT2D eigenvalue weighted by molar-refractivity contribution is -0.121. The lowest BCUT2D eigenvalue weighted by atomic mass is 10.1. The van der Waals surface area contributed by atoms with Crippen LogP contribution >= 0.6 is 0 Å². The van der Waals surface area contributed by atoms with Crippen LogP contribution in [0.15, 0.2) is 27.9 Å². The normalized spacial score (nSPS) is 10.9. The van der Waals surface area contributed by atoms with Crippen LogP contribution in [0.3, 0.4) is 0 Å².